The number of carbonyl (C=O) groups excluding carboxylic acids is 2. The number of primary amides is 1. The molecule has 7 nitrogen and oxygen atoms in total. The molecule has 10 heteroatoms. The predicted molar refractivity (Wildman–Crippen MR) is 87.1 cm³/mol. The van der Waals surface area contributed by atoms with E-state index >= 15 is 0 Å². The highest BCUT2D eigenvalue weighted by Crippen LogP contribution is 2.23. The molecule has 2 rings (SSSR count). The van der Waals surface area contributed by atoms with Crippen LogP contribution in [-0.4, -0.2) is 18.3 Å². The Morgan fingerprint density at radius 2 is 1.77 bits per heavy atom. The summed E-state index contributed by atoms with van der Waals surface area (Å²) < 4.78 is 39.9. The van der Waals surface area contributed by atoms with E-state index in [1.807, 2.05) is 0 Å². The van der Waals surface area contributed by atoms with Crippen molar-refractivity contribution in [1.82, 2.24) is 10.7 Å². The number of hydrogen-bond acceptors (Lipinski definition) is 4. The Hall–Kier alpha value is -3.43. The van der Waals surface area contributed by atoms with Crippen LogP contribution in [0.1, 0.15) is 15.9 Å². The Balaban J connectivity index is 1.80. The van der Waals surface area contributed by atoms with Crippen LogP contribution in [0.3, 0.4) is 0 Å². The minimum absolute atomic E-state index is 0.146. The van der Waals surface area contributed by atoms with Gasteiger partial charge in [-0.1, -0.05) is 12.1 Å². The topological polar surface area (TPSA) is 105 Å². The number of urea groups is 1. The second-order valence-electron chi connectivity index (χ2n) is 5.07. The molecule has 26 heavy (non-hydrogen) atoms. The molecule has 0 aliphatic rings. The molecule has 0 spiro atoms. The first-order chi connectivity index (χ1) is 12.2. The second-order valence-corrected chi connectivity index (χ2v) is 5.07. The van der Waals surface area contributed by atoms with Gasteiger partial charge >= 0.3 is 12.4 Å². The number of halogens is 3. The van der Waals surface area contributed by atoms with Crippen molar-refractivity contribution in [3.8, 4) is 5.75 Å². The summed E-state index contributed by atoms with van der Waals surface area (Å²) in [6.07, 6.45) is -4.76. The van der Waals surface area contributed by atoms with Crippen LogP contribution in [0.5, 0.6) is 5.75 Å². The summed E-state index contributed by atoms with van der Waals surface area (Å²) in [5.74, 6) is -0.947. The molecule has 0 aliphatic carbocycles. The van der Waals surface area contributed by atoms with Crippen LogP contribution >= 0.6 is 0 Å². The van der Waals surface area contributed by atoms with Crippen molar-refractivity contribution in [3.05, 3.63) is 59.7 Å². The summed E-state index contributed by atoms with van der Waals surface area (Å²) in [6, 6.07) is 10.7. The molecule has 0 atom stereocenters. The standard InChI is InChI=1S/C16H15F3N4O3/c17-16(18,19)26-13-6-4-12(5-7-13)22-23-15(25)21-9-10-2-1-3-11(8-10)14(20)24/h1-8,22H,9H2,(H2,20,24)(H2,21,23,25). The summed E-state index contributed by atoms with van der Waals surface area (Å²) >= 11 is 0. The summed E-state index contributed by atoms with van der Waals surface area (Å²) in [5, 5.41) is 2.54. The van der Waals surface area contributed by atoms with E-state index in [1.165, 1.54) is 12.1 Å². The Kier molecular flexibility index (Phi) is 5.89. The highest BCUT2D eigenvalue weighted by Gasteiger charge is 2.30. The molecule has 0 radical (unpaired) electrons. The molecule has 3 amide bonds. The van der Waals surface area contributed by atoms with Crippen molar-refractivity contribution in [2.45, 2.75) is 12.9 Å². The molecular formula is C16H15F3N4O3. The lowest BCUT2D eigenvalue weighted by atomic mass is 10.1. The predicted octanol–water partition coefficient (Wildman–Crippen LogP) is 2.51. The van der Waals surface area contributed by atoms with E-state index in [-0.39, 0.29) is 12.3 Å². The zero-order valence-electron chi connectivity index (χ0n) is 13.3. The fraction of sp³-hybridized carbons (Fsp3) is 0.125. The number of hydrogen-bond donors (Lipinski definition) is 4. The summed E-state index contributed by atoms with van der Waals surface area (Å²) in [7, 11) is 0. The van der Waals surface area contributed by atoms with Gasteiger partial charge in [-0.15, -0.1) is 13.2 Å². The minimum Gasteiger partial charge on any atom is -0.406 e. The second kappa shape index (κ2) is 8.10. The Bertz CT molecular complexity index is 779. The first-order valence-electron chi connectivity index (χ1n) is 7.27. The van der Waals surface area contributed by atoms with Crippen LogP contribution in [-0.2, 0) is 6.54 Å². The van der Waals surface area contributed by atoms with E-state index < -0.39 is 18.3 Å². The molecule has 138 valence electrons. The van der Waals surface area contributed by atoms with Crippen LogP contribution in [0.15, 0.2) is 48.5 Å². The highest BCUT2D eigenvalue weighted by molar-refractivity contribution is 5.92. The summed E-state index contributed by atoms with van der Waals surface area (Å²) in [5.41, 5.74) is 11.4. The van der Waals surface area contributed by atoms with Gasteiger partial charge in [-0.05, 0) is 42.0 Å². The van der Waals surface area contributed by atoms with Crippen LogP contribution in [0, 0.1) is 0 Å². The van der Waals surface area contributed by atoms with Crippen LogP contribution < -0.4 is 26.6 Å². The number of amides is 3. The van der Waals surface area contributed by atoms with E-state index in [4.69, 9.17) is 5.73 Å². The lowest BCUT2D eigenvalue weighted by Crippen LogP contribution is -2.38. The number of nitrogens with one attached hydrogen (secondary N) is 3. The van der Waals surface area contributed by atoms with E-state index in [0.29, 0.717) is 16.8 Å². The molecule has 5 N–H and O–H groups in total. The number of nitrogens with two attached hydrogens (primary N) is 1. The molecule has 0 heterocycles. The maximum absolute atomic E-state index is 12.1. The SMILES string of the molecule is NC(=O)c1cccc(CNC(=O)NNc2ccc(OC(F)(F)F)cc2)c1. The molecule has 0 unspecified atom stereocenters. The molecule has 0 aliphatic heterocycles. The number of rotatable bonds is 6. The zero-order chi connectivity index (χ0) is 19.2. The maximum Gasteiger partial charge on any atom is 0.573 e. The lowest BCUT2D eigenvalue weighted by molar-refractivity contribution is -0.274. The Morgan fingerprint density at radius 1 is 1.08 bits per heavy atom. The molecule has 0 saturated carbocycles. The Labute approximate surface area is 146 Å². The molecule has 2 aromatic carbocycles. The molecular weight excluding hydrogens is 353 g/mol. The van der Waals surface area contributed by atoms with Gasteiger partial charge in [0.2, 0.25) is 5.91 Å². The normalized spacial score (nSPS) is 10.7. The fourth-order valence-corrected chi connectivity index (χ4v) is 1.93. The van der Waals surface area contributed by atoms with Gasteiger partial charge in [0.05, 0.1) is 5.69 Å². The number of hydrazine groups is 1. The molecule has 2 aromatic rings. The average Bonchev–Trinajstić information content (AvgIpc) is 2.58. The first kappa shape index (κ1) is 18.9. The number of anilines is 1. The van der Waals surface area contributed by atoms with E-state index in [1.54, 1.807) is 24.3 Å². The van der Waals surface area contributed by atoms with E-state index in [0.717, 1.165) is 12.1 Å². The van der Waals surface area contributed by atoms with Gasteiger partial charge in [0.15, 0.2) is 0 Å². The van der Waals surface area contributed by atoms with Gasteiger partial charge in [0.1, 0.15) is 5.75 Å². The van der Waals surface area contributed by atoms with Crippen molar-refractivity contribution < 1.29 is 27.5 Å². The highest BCUT2D eigenvalue weighted by atomic mass is 19.4. The van der Waals surface area contributed by atoms with Crippen LogP contribution in [0.4, 0.5) is 23.7 Å². The van der Waals surface area contributed by atoms with Gasteiger partial charge in [-0.25, -0.2) is 4.79 Å². The monoisotopic (exact) mass is 368 g/mol. The van der Waals surface area contributed by atoms with Crippen molar-refractivity contribution in [3.63, 3.8) is 0 Å². The van der Waals surface area contributed by atoms with Crippen molar-refractivity contribution in [2.24, 2.45) is 5.73 Å². The number of carbonyl (C=O) groups is 2. The number of ether oxygens (including phenoxy) is 1. The average molecular weight is 368 g/mol. The van der Waals surface area contributed by atoms with Crippen molar-refractivity contribution >= 4 is 17.6 Å². The van der Waals surface area contributed by atoms with E-state index in [9.17, 15) is 22.8 Å². The number of alkyl halides is 3. The van der Waals surface area contributed by atoms with Crippen molar-refractivity contribution in [1.29, 1.82) is 0 Å². The quantitative estimate of drug-likeness (QED) is 0.588. The fourth-order valence-electron chi connectivity index (χ4n) is 1.93. The van der Waals surface area contributed by atoms with Gasteiger partial charge in [0, 0.05) is 12.1 Å². The Morgan fingerprint density at radius 3 is 2.38 bits per heavy atom. The zero-order valence-corrected chi connectivity index (χ0v) is 13.3. The third-order valence-corrected chi connectivity index (χ3v) is 3.07. The van der Waals surface area contributed by atoms with Crippen LogP contribution in [0.25, 0.3) is 0 Å². The largest absolute Gasteiger partial charge is 0.573 e. The maximum atomic E-state index is 12.1. The molecule has 0 fully saturated rings. The van der Waals surface area contributed by atoms with Gasteiger partial charge in [-0.2, -0.15) is 0 Å². The minimum atomic E-state index is -4.76. The lowest BCUT2D eigenvalue weighted by Gasteiger charge is -2.12. The smallest absolute Gasteiger partial charge is 0.406 e. The third-order valence-electron chi connectivity index (χ3n) is 3.07. The van der Waals surface area contributed by atoms with Gasteiger partial charge in [-0.3, -0.25) is 15.6 Å². The molecule has 0 saturated heterocycles. The van der Waals surface area contributed by atoms with E-state index in [2.05, 4.69) is 20.9 Å². The first-order valence-corrected chi connectivity index (χ1v) is 7.27. The number of benzene rings is 2. The van der Waals surface area contributed by atoms with Gasteiger partial charge in [0.25, 0.3) is 0 Å². The van der Waals surface area contributed by atoms with Gasteiger partial charge < -0.3 is 15.8 Å². The van der Waals surface area contributed by atoms with Crippen molar-refractivity contribution in [2.75, 3.05) is 5.43 Å². The summed E-state index contributed by atoms with van der Waals surface area (Å²) in [6.45, 7) is 0.146. The molecule has 0 aromatic heterocycles. The third kappa shape index (κ3) is 6.23. The van der Waals surface area contributed by atoms with Crippen LogP contribution in [0.2, 0.25) is 0 Å². The summed E-state index contributed by atoms with van der Waals surface area (Å²) in [4.78, 5) is 22.8. The molecule has 0 bridgehead atoms.